The van der Waals surface area contributed by atoms with E-state index in [0.29, 0.717) is 6.92 Å². The van der Waals surface area contributed by atoms with Crippen LogP contribution in [0, 0.1) is 0 Å². The zero-order valence-corrected chi connectivity index (χ0v) is 9.81. The van der Waals surface area contributed by atoms with Crippen LogP contribution in [0.3, 0.4) is 0 Å². The summed E-state index contributed by atoms with van der Waals surface area (Å²) in [6.45, 7) is 3.37. The number of hydrogen-bond acceptors (Lipinski definition) is 3. The molecule has 0 fully saturated rings. The summed E-state index contributed by atoms with van der Waals surface area (Å²) < 4.78 is 37.0. The summed E-state index contributed by atoms with van der Waals surface area (Å²) >= 11 is 0. The van der Waals surface area contributed by atoms with Gasteiger partial charge >= 0.3 is 6.18 Å². The largest absolute Gasteiger partial charge is 0.415 e. The maximum Gasteiger partial charge on any atom is 0.415 e. The quantitative estimate of drug-likeness (QED) is 0.656. The fourth-order valence-electron chi connectivity index (χ4n) is 0.846. The van der Waals surface area contributed by atoms with E-state index >= 15 is 0 Å². The van der Waals surface area contributed by atoms with Crippen LogP contribution in [0.25, 0.3) is 0 Å². The molecule has 4 N–H and O–H groups in total. The first-order chi connectivity index (χ1) is 7.48. The molecule has 0 bridgehead atoms. The van der Waals surface area contributed by atoms with Gasteiger partial charge in [0, 0.05) is 6.04 Å². The Bertz CT molecular complexity index is 300. The lowest BCUT2D eigenvalue weighted by Gasteiger charge is -2.26. The molecule has 0 aliphatic rings. The molecule has 0 aliphatic carbocycles. The maximum absolute atomic E-state index is 12.3. The second kappa shape index (κ2) is 5.35. The molecule has 0 heterocycles. The Morgan fingerprint density at radius 1 is 1.29 bits per heavy atom. The van der Waals surface area contributed by atoms with Crippen LogP contribution in [-0.4, -0.2) is 36.1 Å². The van der Waals surface area contributed by atoms with Crippen molar-refractivity contribution in [3.8, 4) is 0 Å². The molecule has 2 amide bonds. The lowest BCUT2D eigenvalue weighted by Crippen LogP contribution is -2.62. The molecule has 0 aromatic rings. The van der Waals surface area contributed by atoms with Crippen molar-refractivity contribution in [3.05, 3.63) is 0 Å². The van der Waals surface area contributed by atoms with Crippen molar-refractivity contribution in [1.29, 1.82) is 0 Å². The van der Waals surface area contributed by atoms with Gasteiger partial charge in [-0.3, -0.25) is 9.59 Å². The number of hydrogen-bond donors (Lipinski definition) is 3. The lowest BCUT2D eigenvalue weighted by molar-refractivity contribution is -0.187. The van der Waals surface area contributed by atoms with Crippen LogP contribution in [0.2, 0.25) is 0 Å². The minimum atomic E-state index is -4.87. The van der Waals surface area contributed by atoms with E-state index in [1.54, 1.807) is 13.8 Å². The Balaban J connectivity index is 4.33. The normalized spacial score (nSPS) is 15.3. The van der Waals surface area contributed by atoms with Gasteiger partial charge < -0.3 is 16.4 Å². The highest BCUT2D eigenvalue weighted by molar-refractivity contribution is 5.90. The third kappa shape index (κ3) is 4.59. The lowest BCUT2D eigenvalue weighted by atomic mass is 10.0. The number of amides is 2. The van der Waals surface area contributed by atoms with Gasteiger partial charge in [0.15, 0.2) is 5.54 Å². The SMILES string of the molecule is CC(C)NC(=O)CNC(=O)C(C)(N)C(F)(F)F. The van der Waals surface area contributed by atoms with Crippen molar-refractivity contribution >= 4 is 11.8 Å². The molecule has 0 radical (unpaired) electrons. The summed E-state index contributed by atoms with van der Waals surface area (Å²) in [5.74, 6) is -2.02. The Kier molecular flexibility index (Phi) is 4.94. The highest BCUT2D eigenvalue weighted by Crippen LogP contribution is 2.27. The van der Waals surface area contributed by atoms with E-state index < -0.39 is 30.1 Å². The van der Waals surface area contributed by atoms with Crippen molar-refractivity contribution in [2.24, 2.45) is 5.73 Å². The summed E-state index contributed by atoms with van der Waals surface area (Å²) in [7, 11) is 0. The van der Waals surface area contributed by atoms with E-state index in [1.807, 2.05) is 5.32 Å². The fraction of sp³-hybridized carbons (Fsp3) is 0.778. The molecule has 1 unspecified atom stereocenters. The number of carbonyl (C=O) groups is 2. The van der Waals surface area contributed by atoms with Crippen LogP contribution in [0.15, 0.2) is 0 Å². The molecule has 1 atom stereocenters. The number of halogens is 3. The van der Waals surface area contributed by atoms with Gasteiger partial charge in [0.05, 0.1) is 6.54 Å². The first-order valence-corrected chi connectivity index (χ1v) is 4.91. The molecular weight excluding hydrogens is 239 g/mol. The smallest absolute Gasteiger partial charge is 0.352 e. The predicted octanol–water partition coefficient (Wildman–Crippen LogP) is -0.0931. The summed E-state index contributed by atoms with van der Waals surface area (Å²) in [6, 6.07) is -0.161. The number of nitrogens with one attached hydrogen (secondary N) is 2. The molecule has 8 heteroatoms. The Morgan fingerprint density at radius 2 is 1.76 bits per heavy atom. The molecule has 0 rings (SSSR count). The van der Waals surface area contributed by atoms with Gasteiger partial charge in [-0.25, -0.2) is 0 Å². The summed E-state index contributed by atoms with van der Waals surface area (Å²) in [5.41, 5.74) is 1.85. The van der Waals surface area contributed by atoms with Gasteiger partial charge in [-0.15, -0.1) is 0 Å². The summed E-state index contributed by atoms with van der Waals surface area (Å²) in [4.78, 5) is 22.3. The van der Waals surface area contributed by atoms with Crippen molar-refractivity contribution in [3.63, 3.8) is 0 Å². The maximum atomic E-state index is 12.3. The van der Waals surface area contributed by atoms with E-state index in [4.69, 9.17) is 5.73 Å². The van der Waals surface area contributed by atoms with Crippen LogP contribution in [0.1, 0.15) is 20.8 Å². The molecule has 0 aromatic heterocycles. The van der Waals surface area contributed by atoms with E-state index in [1.165, 1.54) is 0 Å². The van der Waals surface area contributed by atoms with Crippen LogP contribution >= 0.6 is 0 Å². The average molecular weight is 255 g/mol. The second-order valence-electron chi connectivity index (χ2n) is 4.11. The molecule has 0 saturated heterocycles. The minimum Gasteiger partial charge on any atom is -0.352 e. The van der Waals surface area contributed by atoms with Crippen molar-refractivity contribution in [2.75, 3.05) is 6.54 Å². The highest BCUT2D eigenvalue weighted by atomic mass is 19.4. The number of nitrogens with two attached hydrogens (primary N) is 1. The van der Waals surface area contributed by atoms with Gasteiger partial charge in [-0.2, -0.15) is 13.2 Å². The van der Waals surface area contributed by atoms with E-state index in [-0.39, 0.29) is 6.04 Å². The summed E-state index contributed by atoms with van der Waals surface area (Å²) in [6.07, 6.45) is -4.87. The molecule has 0 spiro atoms. The molecule has 100 valence electrons. The van der Waals surface area contributed by atoms with E-state index in [0.717, 1.165) is 0 Å². The predicted molar refractivity (Wildman–Crippen MR) is 54.9 cm³/mol. The van der Waals surface area contributed by atoms with Crippen molar-refractivity contribution in [1.82, 2.24) is 10.6 Å². The van der Waals surface area contributed by atoms with Gasteiger partial charge in [0.2, 0.25) is 11.8 Å². The fourth-order valence-corrected chi connectivity index (χ4v) is 0.846. The van der Waals surface area contributed by atoms with Gasteiger partial charge in [0.1, 0.15) is 0 Å². The van der Waals surface area contributed by atoms with Crippen LogP contribution in [0.5, 0.6) is 0 Å². The van der Waals surface area contributed by atoms with Crippen molar-refractivity contribution in [2.45, 2.75) is 38.5 Å². The standard InChI is InChI=1S/C9H16F3N3O2/c1-5(2)15-6(16)4-14-7(17)8(3,13)9(10,11)12/h5H,4,13H2,1-3H3,(H,14,17)(H,15,16). The first-order valence-electron chi connectivity index (χ1n) is 4.91. The van der Waals surface area contributed by atoms with Gasteiger partial charge in [-0.05, 0) is 20.8 Å². The Labute approximate surface area is 96.9 Å². The van der Waals surface area contributed by atoms with Crippen LogP contribution in [-0.2, 0) is 9.59 Å². The third-order valence-electron chi connectivity index (χ3n) is 1.92. The van der Waals surface area contributed by atoms with Gasteiger partial charge in [-0.1, -0.05) is 0 Å². The number of rotatable bonds is 4. The Hall–Kier alpha value is -1.31. The van der Waals surface area contributed by atoms with Gasteiger partial charge in [0.25, 0.3) is 0 Å². The topological polar surface area (TPSA) is 84.2 Å². The first kappa shape index (κ1) is 15.7. The average Bonchev–Trinajstić information content (AvgIpc) is 2.10. The van der Waals surface area contributed by atoms with Crippen LogP contribution < -0.4 is 16.4 Å². The monoisotopic (exact) mass is 255 g/mol. The second-order valence-corrected chi connectivity index (χ2v) is 4.11. The highest BCUT2D eigenvalue weighted by Gasteiger charge is 2.53. The number of alkyl halides is 3. The molecule has 0 aliphatic heterocycles. The molecule has 0 saturated carbocycles. The molecule has 5 nitrogen and oxygen atoms in total. The molecule has 0 aromatic carbocycles. The third-order valence-corrected chi connectivity index (χ3v) is 1.92. The van der Waals surface area contributed by atoms with Crippen LogP contribution in [0.4, 0.5) is 13.2 Å². The molecular formula is C9H16F3N3O2. The number of carbonyl (C=O) groups excluding carboxylic acids is 2. The van der Waals surface area contributed by atoms with E-state index in [2.05, 4.69) is 5.32 Å². The van der Waals surface area contributed by atoms with E-state index in [9.17, 15) is 22.8 Å². The summed E-state index contributed by atoms with van der Waals surface area (Å²) in [5, 5.41) is 4.25. The zero-order chi connectivity index (χ0) is 13.9. The molecule has 17 heavy (non-hydrogen) atoms. The van der Waals surface area contributed by atoms with Crippen molar-refractivity contribution < 1.29 is 22.8 Å². The Morgan fingerprint density at radius 3 is 2.12 bits per heavy atom. The minimum absolute atomic E-state index is 0.161. The zero-order valence-electron chi connectivity index (χ0n) is 9.81.